The van der Waals surface area contributed by atoms with Gasteiger partial charge in [0.05, 0.1) is 11.4 Å². The van der Waals surface area contributed by atoms with E-state index in [0.29, 0.717) is 23.9 Å². The van der Waals surface area contributed by atoms with Gasteiger partial charge >= 0.3 is 0 Å². The summed E-state index contributed by atoms with van der Waals surface area (Å²) in [7, 11) is -3.81. The second-order valence-electron chi connectivity index (χ2n) is 6.88. The zero-order chi connectivity index (χ0) is 22.1. The maximum absolute atomic E-state index is 13.2. The van der Waals surface area contributed by atoms with Crippen molar-refractivity contribution in [3.8, 4) is 0 Å². The van der Waals surface area contributed by atoms with Gasteiger partial charge in [0, 0.05) is 18.8 Å². The van der Waals surface area contributed by atoms with Crippen LogP contribution in [0.4, 0.5) is 0 Å². The molecule has 1 aromatic heterocycles. The Balaban J connectivity index is 1.64. The molecule has 2 N–H and O–H groups in total. The number of aromatic amines is 1. The molecule has 164 valence electrons. The Bertz CT molecular complexity index is 1060. The number of hydrogen-bond acceptors (Lipinski definition) is 6. The molecular formula is C21H25N5O3S2. The SMILES string of the molecule is Cc1ccc(S(=O)(=O)N(CCc2ccccc2)CC(=O)NCCSc2ncn[nH]2)cc1. The van der Waals surface area contributed by atoms with Crippen molar-refractivity contribution in [3.63, 3.8) is 0 Å². The Morgan fingerprint density at radius 2 is 1.87 bits per heavy atom. The van der Waals surface area contributed by atoms with Crippen LogP contribution in [0.1, 0.15) is 11.1 Å². The van der Waals surface area contributed by atoms with E-state index in [1.54, 1.807) is 24.3 Å². The minimum atomic E-state index is -3.81. The standard InChI is InChI=1S/C21H25N5O3S2/c1-17-7-9-19(10-8-17)31(28,29)26(13-11-18-5-3-2-4-6-18)15-20(27)22-12-14-30-21-23-16-24-25-21/h2-10,16H,11-15H2,1H3,(H,22,27)(H,23,24,25). The molecule has 0 unspecified atom stereocenters. The summed E-state index contributed by atoms with van der Waals surface area (Å²) >= 11 is 1.42. The summed E-state index contributed by atoms with van der Waals surface area (Å²) in [5.74, 6) is 0.247. The van der Waals surface area contributed by atoms with Crippen LogP contribution in [0.2, 0.25) is 0 Å². The molecule has 0 bridgehead atoms. The number of hydrogen-bond donors (Lipinski definition) is 2. The van der Waals surface area contributed by atoms with Crippen LogP contribution < -0.4 is 5.32 Å². The summed E-state index contributed by atoms with van der Waals surface area (Å²) in [5.41, 5.74) is 1.98. The number of nitrogens with zero attached hydrogens (tertiary/aromatic N) is 3. The molecule has 31 heavy (non-hydrogen) atoms. The summed E-state index contributed by atoms with van der Waals surface area (Å²) in [6.45, 7) is 2.26. The monoisotopic (exact) mass is 459 g/mol. The van der Waals surface area contributed by atoms with Crippen LogP contribution in [-0.2, 0) is 21.2 Å². The smallest absolute Gasteiger partial charge is 0.243 e. The summed E-state index contributed by atoms with van der Waals surface area (Å²) in [6.07, 6.45) is 1.93. The van der Waals surface area contributed by atoms with E-state index in [9.17, 15) is 13.2 Å². The van der Waals surface area contributed by atoms with Crippen molar-refractivity contribution in [3.05, 3.63) is 72.1 Å². The number of sulfonamides is 1. The van der Waals surface area contributed by atoms with Gasteiger partial charge in [-0.25, -0.2) is 13.4 Å². The first kappa shape index (κ1) is 23.0. The van der Waals surface area contributed by atoms with Gasteiger partial charge in [-0.1, -0.05) is 59.8 Å². The third-order valence-corrected chi connectivity index (χ3v) is 7.27. The summed E-state index contributed by atoms with van der Waals surface area (Å²) in [6, 6.07) is 16.3. The van der Waals surface area contributed by atoms with Crippen LogP contribution in [0, 0.1) is 6.92 Å². The van der Waals surface area contributed by atoms with Crippen molar-refractivity contribution in [2.24, 2.45) is 0 Å². The number of thioether (sulfide) groups is 1. The van der Waals surface area contributed by atoms with Crippen molar-refractivity contribution in [1.82, 2.24) is 24.8 Å². The highest BCUT2D eigenvalue weighted by Gasteiger charge is 2.26. The quantitative estimate of drug-likeness (QED) is 0.336. The lowest BCUT2D eigenvalue weighted by Gasteiger charge is -2.22. The molecule has 0 aliphatic heterocycles. The van der Waals surface area contributed by atoms with Crippen molar-refractivity contribution >= 4 is 27.7 Å². The lowest BCUT2D eigenvalue weighted by Crippen LogP contribution is -2.42. The minimum absolute atomic E-state index is 0.180. The van der Waals surface area contributed by atoms with E-state index in [-0.39, 0.29) is 23.9 Å². The number of aromatic nitrogens is 3. The first-order valence-corrected chi connectivity index (χ1v) is 12.2. The van der Waals surface area contributed by atoms with E-state index in [4.69, 9.17) is 0 Å². The molecule has 10 heteroatoms. The fourth-order valence-corrected chi connectivity index (χ4v) is 4.89. The van der Waals surface area contributed by atoms with Crippen LogP contribution in [0.15, 0.2) is 71.0 Å². The summed E-state index contributed by atoms with van der Waals surface area (Å²) < 4.78 is 27.7. The molecule has 3 rings (SSSR count). The number of rotatable bonds is 11. The van der Waals surface area contributed by atoms with E-state index in [2.05, 4.69) is 20.5 Å². The highest BCUT2D eigenvalue weighted by molar-refractivity contribution is 7.99. The number of amides is 1. The fourth-order valence-electron chi connectivity index (χ4n) is 2.86. The molecule has 0 atom stereocenters. The number of aryl methyl sites for hydroxylation is 1. The predicted molar refractivity (Wildman–Crippen MR) is 120 cm³/mol. The topological polar surface area (TPSA) is 108 Å². The lowest BCUT2D eigenvalue weighted by molar-refractivity contribution is -0.121. The van der Waals surface area contributed by atoms with Gasteiger partial charge < -0.3 is 5.32 Å². The van der Waals surface area contributed by atoms with E-state index in [1.165, 1.54) is 22.4 Å². The van der Waals surface area contributed by atoms with Gasteiger partial charge in [0.1, 0.15) is 6.33 Å². The van der Waals surface area contributed by atoms with Crippen LogP contribution in [0.25, 0.3) is 0 Å². The largest absolute Gasteiger partial charge is 0.354 e. The van der Waals surface area contributed by atoms with Crippen molar-refractivity contribution < 1.29 is 13.2 Å². The number of nitrogens with one attached hydrogen (secondary N) is 2. The zero-order valence-electron chi connectivity index (χ0n) is 17.2. The molecule has 0 radical (unpaired) electrons. The molecule has 0 saturated carbocycles. The zero-order valence-corrected chi connectivity index (χ0v) is 18.8. The average molecular weight is 460 g/mol. The van der Waals surface area contributed by atoms with Gasteiger partial charge in [-0.15, -0.1) is 0 Å². The minimum Gasteiger partial charge on any atom is -0.354 e. The van der Waals surface area contributed by atoms with E-state index < -0.39 is 10.0 Å². The Kier molecular flexibility index (Phi) is 8.21. The van der Waals surface area contributed by atoms with Crippen LogP contribution in [0.3, 0.4) is 0 Å². The van der Waals surface area contributed by atoms with Gasteiger partial charge in [0.25, 0.3) is 0 Å². The Hall–Kier alpha value is -2.69. The van der Waals surface area contributed by atoms with Gasteiger partial charge in [-0.3, -0.25) is 9.89 Å². The van der Waals surface area contributed by atoms with Crippen LogP contribution >= 0.6 is 11.8 Å². The second-order valence-corrected chi connectivity index (χ2v) is 9.90. The van der Waals surface area contributed by atoms with E-state index in [0.717, 1.165) is 11.1 Å². The Labute approximate surface area is 186 Å². The maximum Gasteiger partial charge on any atom is 0.243 e. The molecule has 1 amide bonds. The highest BCUT2D eigenvalue weighted by Crippen LogP contribution is 2.17. The number of carbonyl (C=O) groups is 1. The molecule has 2 aromatic carbocycles. The number of H-pyrrole nitrogens is 1. The molecule has 0 fully saturated rings. The predicted octanol–water partition coefficient (Wildman–Crippen LogP) is 2.26. The molecule has 0 aliphatic rings. The summed E-state index contributed by atoms with van der Waals surface area (Å²) in [5, 5.41) is 9.94. The van der Waals surface area contributed by atoms with E-state index >= 15 is 0 Å². The molecular weight excluding hydrogens is 434 g/mol. The molecule has 1 heterocycles. The highest BCUT2D eigenvalue weighted by atomic mass is 32.2. The van der Waals surface area contributed by atoms with Crippen LogP contribution in [-0.4, -0.2) is 59.2 Å². The van der Waals surface area contributed by atoms with Gasteiger partial charge in [-0.05, 0) is 31.0 Å². The van der Waals surface area contributed by atoms with Crippen LogP contribution in [0.5, 0.6) is 0 Å². The summed E-state index contributed by atoms with van der Waals surface area (Å²) in [4.78, 5) is 16.7. The van der Waals surface area contributed by atoms with Crippen molar-refractivity contribution in [1.29, 1.82) is 0 Å². The molecule has 3 aromatic rings. The van der Waals surface area contributed by atoms with Crippen molar-refractivity contribution in [2.45, 2.75) is 23.4 Å². The first-order valence-electron chi connectivity index (χ1n) is 9.81. The normalized spacial score (nSPS) is 11.5. The van der Waals surface area contributed by atoms with Gasteiger partial charge in [0.2, 0.25) is 15.9 Å². The maximum atomic E-state index is 13.2. The van der Waals surface area contributed by atoms with E-state index in [1.807, 2.05) is 37.3 Å². The lowest BCUT2D eigenvalue weighted by atomic mass is 10.1. The number of benzene rings is 2. The van der Waals surface area contributed by atoms with Crippen molar-refractivity contribution in [2.75, 3.05) is 25.4 Å². The Morgan fingerprint density at radius 3 is 2.55 bits per heavy atom. The molecule has 0 spiro atoms. The molecule has 0 aliphatic carbocycles. The number of carbonyl (C=O) groups excluding carboxylic acids is 1. The Morgan fingerprint density at radius 1 is 1.13 bits per heavy atom. The molecule has 0 saturated heterocycles. The van der Waals surface area contributed by atoms with Gasteiger partial charge in [0.15, 0.2) is 5.16 Å². The third-order valence-electron chi connectivity index (χ3n) is 4.53. The fraction of sp³-hybridized carbons (Fsp3) is 0.286. The average Bonchev–Trinajstić information content (AvgIpc) is 3.29. The third kappa shape index (κ3) is 6.91. The second kappa shape index (κ2) is 11.1. The van der Waals surface area contributed by atoms with Gasteiger partial charge in [-0.2, -0.15) is 9.40 Å². The molecule has 8 nitrogen and oxygen atoms in total. The first-order chi connectivity index (χ1) is 14.9.